The molecule has 0 saturated heterocycles. The van der Waals surface area contributed by atoms with Crippen molar-refractivity contribution in [3.8, 4) is 0 Å². The number of pyridine rings is 1. The Labute approximate surface area is 106 Å². The molecule has 5 heteroatoms. The van der Waals surface area contributed by atoms with E-state index in [2.05, 4.69) is 28.3 Å². The quantitative estimate of drug-likeness (QED) is 0.475. The van der Waals surface area contributed by atoms with E-state index in [1.807, 2.05) is 12.3 Å². The fourth-order valence-electron chi connectivity index (χ4n) is 1.43. The molecule has 92 valence electrons. The number of nitrogens with two attached hydrogens (primary N) is 1. The van der Waals surface area contributed by atoms with Crippen LogP contribution < -0.4 is 11.1 Å². The molecule has 1 aromatic rings. The molecule has 2 rings (SSSR count). The Morgan fingerprint density at radius 1 is 1.65 bits per heavy atom. The van der Waals surface area contributed by atoms with E-state index in [0.717, 1.165) is 16.3 Å². The number of aliphatic imine (C=N–C) groups is 1. The van der Waals surface area contributed by atoms with Crippen LogP contribution in [0.2, 0.25) is 0 Å². The Balaban J connectivity index is 1.90. The lowest BCUT2D eigenvalue weighted by molar-refractivity contribution is 0.877. The number of thioether (sulfide) groups is 1. The van der Waals surface area contributed by atoms with Gasteiger partial charge in [-0.3, -0.25) is 0 Å². The van der Waals surface area contributed by atoms with Gasteiger partial charge >= 0.3 is 0 Å². The molecule has 17 heavy (non-hydrogen) atoms. The van der Waals surface area contributed by atoms with Crippen molar-refractivity contribution in [2.24, 2.45) is 10.7 Å². The molecule has 3 N–H and O–H groups in total. The molecule has 4 nitrogen and oxygen atoms in total. The highest BCUT2D eigenvalue weighted by atomic mass is 32.2. The van der Waals surface area contributed by atoms with Crippen LogP contribution in [0.3, 0.4) is 0 Å². The molecule has 0 aliphatic heterocycles. The summed E-state index contributed by atoms with van der Waals surface area (Å²) < 4.78 is 0. The normalized spacial score (nSPS) is 15.9. The molecular weight excluding hydrogens is 232 g/mol. The summed E-state index contributed by atoms with van der Waals surface area (Å²) in [5.74, 6) is 1.58. The summed E-state index contributed by atoms with van der Waals surface area (Å²) in [4.78, 5) is 8.60. The summed E-state index contributed by atoms with van der Waals surface area (Å²) in [5, 5.41) is 4.22. The summed E-state index contributed by atoms with van der Waals surface area (Å²) in [6, 6.07) is 4.61. The monoisotopic (exact) mass is 250 g/mol. The minimum absolute atomic E-state index is 0.550. The fourth-order valence-corrected chi connectivity index (χ4v) is 2.10. The van der Waals surface area contributed by atoms with E-state index >= 15 is 0 Å². The van der Waals surface area contributed by atoms with Crippen LogP contribution in [0.5, 0.6) is 0 Å². The lowest BCUT2D eigenvalue weighted by atomic mass is 10.3. The molecule has 0 atom stereocenters. The lowest BCUT2D eigenvalue weighted by Gasteiger charge is -2.04. The third-order valence-corrected chi connectivity index (χ3v) is 3.26. The van der Waals surface area contributed by atoms with Crippen LogP contribution >= 0.6 is 11.8 Å². The minimum Gasteiger partial charge on any atom is -0.370 e. The summed E-state index contributed by atoms with van der Waals surface area (Å²) in [6.07, 6.45) is 4.25. The maximum Gasteiger partial charge on any atom is 0.189 e. The first-order valence-corrected chi connectivity index (χ1v) is 6.90. The van der Waals surface area contributed by atoms with Crippen molar-refractivity contribution >= 4 is 17.7 Å². The molecule has 0 spiro atoms. The predicted molar refractivity (Wildman–Crippen MR) is 72.1 cm³/mol. The molecule has 1 aliphatic carbocycles. The van der Waals surface area contributed by atoms with E-state index < -0.39 is 0 Å². The van der Waals surface area contributed by atoms with Crippen molar-refractivity contribution in [3.63, 3.8) is 0 Å². The number of rotatable bonds is 5. The standard InChI is InChI=1S/C12H18N4S/c1-2-17-11-7-9(5-6-14-11)8-15-12(13)16-10-3-4-10/h5-7,10H,2-4,8H2,1H3,(H3,13,15,16). The van der Waals surface area contributed by atoms with E-state index in [9.17, 15) is 0 Å². The topological polar surface area (TPSA) is 63.3 Å². The first-order valence-electron chi connectivity index (χ1n) is 5.92. The molecule has 0 aromatic carbocycles. The predicted octanol–water partition coefficient (Wildman–Crippen LogP) is 1.76. The van der Waals surface area contributed by atoms with Crippen LogP contribution in [-0.4, -0.2) is 22.7 Å². The van der Waals surface area contributed by atoms with Crippen LogP contribution in [0.4, 0.5) is 0 Å². The molecule has 1 heterocycles. The van der Waals surface area contributed by atoms with Gasteiger partial charge in [0.05, 0.1) is 11.6 Å². The Hall–Kier alpha value is -1.23. The first kappa shape index (κ1) is 12.2. The first-order chi connectivity index (χ1) is 8.28. The van der Waals surface area contributed by atoms with Crippen LogP contribution in [0.25, 0.3) is 0 Å². The summed E-state index contributed by atoms with van der Waals surface area (Å²) >= 11 is 1.74. The zero-order valence-corrected chi connectivity index (χ0v) is 10.8. The zero-order valence-electron chi connectivity index (χ0n) is 10.0. The maximum absolute atomic E-state index is 5.78. The van der Waals surface area contributed by atoms with Gasteiger partial charge < -0.3 is 11.1 Å². The van der Waals surface area contributed by atoms with Crippen LogP contribution in [0.15, 0.2) is 28.3 Å². The molecule has 1 aliphatic rings. The largest absolute Gasteiger partial charge is 0.370 e. The Morgan fingerprint density at radius 2 is 2.47 bits per heavy atom. The maximum atomic E-state index is 5.78. The van der Waals surface area contributed by atoms with Gasteiger partial charge in [-0.05, 0) is 36.3 Å². The summed E-state index contributed by atoms with van der Waals surface area (Å²) in [7, 11) is 0. The van der Waals surface area contributed by atoms with Crippen molar-refractivity contribution in [3.05, 3.63) is 23.9 Å². The highest BCUT2D eigenvalue weighted by molar-refractivity contribution is 7.99. The fraction of sp³-hybridized carbons (Fsp3) is 0.500. The average molecular weight is 250 g/mol. The van der Waals surface area contributed by atoms with Crippen LogP contribution in [-0.2, 0) is 6.54 Å². The van der Waals surface area contributed by atoms with Gasteiger partial charge in [0.25, 0.3) is 0 Å². The molecule has 0 radical (unpaired) electrons. The summed E-state index contributed by atoms with van der Waals surface area (Å²) in [5.41, 5.74) is 6.93. The second-order valence-corrected chi connectivity index (χ2v) is 5.34. The third-order valence-electron chi connectivity index (χ3n) is 2.45. The van der Waals surface area contributed by atoms with Crippen molar-refractivity contribution in [1.82, 2.24) is 10.3 Å². The van der Waals surface area contributed by atoms with Gasteiger partial charge in [0.2, 0.25) is 0 Å². The summed E-state index contributed by atoms with van der Waals surface area (Å²) in [6.45, 7) is 2.74. The average Bonchev–Trinajstić information content (AvgIpc) is 3.11. The molecule has 0 unspecified atom stereocenters. The van der Waals surface area contributed by atoms with E-state index in [1.54, 1.807) is 11.8 Å². The van der Waals surface area contributed by atoms with E-state index in [-0.39, 0.29) is 0 Å². The minimum atomic E-state index is 0.550. The SMILES string of the molecule is CCSc1cc(CN=C(N)NC2CC2)ccn1. The molecule has 1 saturated carbocycles. The Morgan fingerprint density at radius 3 is 3.18 bits per heavy atom. The van der Waals surface area contributed by atoms with Gasteiger partial charge in [-0.15, -0.1) is 11.8 Å². The van der Waals surface area contributed by atoms with Crippen molar-refractivity contribution in [2.75, 3.05) is 5.75 Å². The second-order valence-electron chi connectivity index (χ2n) is 4.06. The van der Waals surface area contributed by atoms with E-state index in [0.29, 0.717) is 18.5 Å². The highest BCUT2D eigenvalue weighted by Gasteiger charge is 2.21. The Bertz CT molecular complexity index is 401. The molecule has 0 bridgehead atoms. The Kier molecular flexibility index (Phi) is 4.25. The third kappa shape index (κ3) is 4.26. The molecule has 1 fully saturated rings. The zero-order chi connectivity index (χ0) is 12.1. The molecule has 1 aromatic heterocycles. The van der Waals surface area contributed by atoms with Crippen molar-refractivity contribution in [2.45, 2.75) is 37.4 Å². The molecule has 0 amide bonds. The number of guanidine groups is 1. The van der Waals surface area contributed by atoms with Crippen molar-refractivity contribution < 1.29 is 0 Å². The lowest BCUT2D eigenvalue weighted by Crippen LogP contribution is -2.33. The van der Waals surface area contributed by atoms with Gasteiger partial charge in [0.15, 0.2) is 5.96 Å². The van der Waals surface area contributed by atoms with Gasteiger partial charge in [-0.2, -0.15) is 0 Å². The molecular formula is C12H18N4S. The van der Waals surface area contributed by atoms with Gasteiger partial charge in [0.1, 0.15) is 0 Å². The van der Waals surface area contributed by atoms with Gasteiger partial charge in [-0.25, -0.2) is 9.98 Å². The number of nitrogens with zero attached hydrogens (tertiary/aromatic N) is 2. The number of aromatic nitrogens is 1. The van der Waals surface area contributed by atoms with E-state index in [1.165, 1.54) is 12.8 Å². The highest BCUT2D eigenvalue weighted by Crippen LogP contribution is 2.18. The van der Waals surface area contributed by atoms with Gasteiger partial charge in [-0.1, -0.05) is 6.92 Å². The number of hydrogen-bond donors (Lipinski definition) is 2. The van der Waals surface area contributed by atoms with E-state index in [4.69, 9.17) is 5.73 Å². The number of nitrogens with one attached hydrogen (secondary N) is 1. The second kappa shape index (κ2) is 5.91. The van der Waals surface area contributed by atoms with Crippen molar-refractivity contribution in [1.29, 1.82) is 0 Å². The van der Waals surface area contributed by atoms with Crippen LogP contribution in [0.1, 0.15) is 25.3 Å². The van der Waals surface area contributed by atoms with Crippen LogP contribution in [0, 0.1) is 0 Å². The van der Waals surface area contributed by atoms with Gasteiger partial charge in [0, 0.05) is 12.2 Å². The number of hydrogen-bond acceptors (Lipinski definition) is 3. The smallest absolute Gasteiger partial charge is 0.189 e.